The Morgan fingerprint density at radius 1 is 1.42 bits per heavy atom. The molecular weight excluding hydrogens is 341 g/mol. The molecule has 2 aromatic rings. The van der Waals surface area contributed by atoms with Crippen LogP contribution in [0.5, 0.6) is 5.88 Å². The normalized spacial score (nSPS) is 16.3. The lowest BCUT2D eigenvalue weighted by atomic mass is 10.1. The number of amides is 2. The standard InChI is InChI=1S/C18H18FN3O4/c1-11(23)20-9-14-10-26-18(24)22(14)13-4-5-15(16(19)7-13)12-3-6-17(25-2)21-8-12/h3-8,14H,9-10H2,1-2H3,(H,20,23). The second kappa shape index (κ2) is 7.38. The second-order valence-corrected chi connectivity index (χ2v) is 5.79. The van der Waals surface area contributed by atoms with E-state index in [9.17, 15) is 14.0 Å². The van der Waals surface area contributed by atoms with E-state index in [2.05, 4.69) is 10.3 Å². The topological polar surface area (TPSA) is 80.8 Å². The fourth-order valence-electron chi connectivity index (χ4n) is 2.74. The van der Waals surface area contributed by atoms with Crippen molar-refractivity contribution < 1.29 is 23.5 Å². The maximum Gasteiger partial charge on any atom is 0.414 e. The minimum Gasteiger partial charge on any atom is -0.481 e. The molecule has 0 bridgehead atoms. The van der Waals surface area contributed by atoms with Gasteiger partial charge in [-0.2, -0.15) is 0 Å². The Morgan fingerprint density at radius 2 is 2.23 bits per heavy atom. The SMILES string of the molecule is COc1ccc(-c2ccc(N3C(=O)OCC3CNC(C)=O)cc2F)cn1. The Hall–Kier alpha value is -3.16. The van der Waals surface area contributed by atoms with Gasteiger partial charge in [0.25, 0.3) is 0 Å². The molecule has 26 heavy (non-hydrogen) atoms. The van der Waals surface area contributed by atoms with Crippen molar-refractivity contribution in [2.45, 2.75) is 13.0 Å². The van der Waals surface area contributed by atoms with Crippen LogP contribution >= 0.6 is 0 Å². The Labute approximate surface area is 149 Å². The van der Waals surface area contributed by atoms with E-state index in [1.807, 2.05) is 0 Å². The summed E-state index contributed by atoms with van der Waals surface area (Å²) in [6, 6.07) is 7.44. The summed E-state index contributed by atoms with van der Waals surface area (Å²) in [7, 11) is 1.50. The van der Waals surface area contributed by atoms with Gasteiger partial charge in [0.05, 0.1) is 18.8 Å². The number of cyclic esters (lactones) is 1. The number of benzene rings is 1. The molecule has 0 spiro atoms. The van der Waals surface area contributed by atoms with Crippen LogP contribution in [0.2, 0.25) is 0 Å². The molecule has 8 heteroatoms. The van der Waals surface area contributed by atoms with Gasteiger partial charge >= 0.3 is 6.09 Å². The van der Waals surface area contributed by atoms with Crippen LogP contribution in [0.4, 0.5) is 14.9 Å². The number of halogens is 1. The van der Waals surface area contributed by atoms with Gasteiger partial charge < -0.3 is 14.8 Å². The lowest BCUT2D eigenvalue weighted by Gasteiger charge is -2.22. The van der Waals surface area contributed by atoms with Gasteiger partial charge in [0.1, 0.15) is 12.4 Å². The highest BCUT2D eigenvalue weighted by Gasteiger charge is 2.34. The molecular formula is C18H18FN3O4. The van der Waals surface area contributed by atoms with E-state index >= 15 is 0 Å². The number of hydrogen-bond acceptors (Lipinski definition) is 5. The van der Waals surface area contributed by atoms with E-state index in [-0.39, 0.29) is 25.1 Å². The molecule has 1 fully saturated rings. The Balaban J connectivity index is 1.85. The molecule has 0 radical (unpaired) electrons. The van der Waals surface area contributed by atoms with Crippen LogP contribution in [0.3, 0.4) is 0 Å². The molecule has 1 unspecified atom stereocenters. The first-order valence-corrected chi connectivity index (χ1v) is 8.00. The first kappa shape index (κ1) is 17.7. The van der Waals surface area contributed by atoms with E-state index in [1.165, 1.54) is 31.2 Å². The smallest absolute Gasteiger partial charge is 0.414 e. The predicted octanol–water partition coefficient (Wildman–Crippen LogP) is 2.36. The monoisotopic (exact) mass is 359 g/mol. The van der Waals surface area contributed by atoms with Gasteiger partial charge in [-0.25, -0.2) is 14.2 Å². The highest BCUT2D eigenvalue weighted by molar-refractivity contribution is 5.91. The molecule has 0 aliphatic carbocycles. The number of methoxy groups -OCH3 is 1. The number of hydrogen-bond donors (Lipinski definition) is 1. The number of ether oxygens (including phenoxy) is 2. The summed E-state index contributed by atoms with van der Waals surface area (Å²) in [6.07, 6.45) is 0.944. The molecule has 1 aromatic carbocycles. The van der Waals surface area contributed by atoms with Gasteiger partial charge in [0, 0.05) is 36.9 Å². The van der Waals surface area contributed by atoms with Gasteiger partial charge in [-0.1, -0.05) is 0 Å². The van der Waals surface area contributed by atoms with Gasteiger partial charge in [-0.15, -0.1) is 0 Å². The third-order valence-electron chi connectivity index (χ3n) is 4.03. The summed E-state index contributed by atoms with van der Waals surface area (Å²) in [4.78, 5) is 28.5. The van der Waals surface area contributed by atoms with Crippen molar-refractivity contribution in [1.82, 2.24) is 10.3 Å². The van der Waals surface area contributed by atoms with Crippen molar-refractivity contribution in [1.29, 1.82) is 0 Å². The van der Waals surface area contributed by atoms with Crippen molar-refractivity contribution in [2.75, 3.05) is 25.2 Å². The molecule has 1 aromatic heterocycles. The number of nitrogens with zero attached hydrogens (tertiary/aromatic N) is 2. The Morgan fingerprint density at radius 3 is 2.85 bits per heavy atom. The quantitative estimate of drug-likeness (QED) is 0.886. The third-order valence-corrected chi connectivity index (χ3v) is 4.03. The minimum absolute atomic E-state index is 0.130. The second-order valence-electron chi connectivity index (χ2n) is 5.79. The zero-order valence-electron chi connectivity index (χ0n) is 14.4. The molecule has 0 saturated carbocycles. The third kappa shape index (κ3) is 3.58. The molecule has 136 valence electrons. The molecule has 1 atom stereocenters. The van der Waals surface area contributed by atoms with Crippen LogP contribution in [0.15, 0.2) is 36.5 Å². The van der Waals surface area contributed by atoms with Crippen molar-refractivity contribution >= 4 is 17.7 Å². The fraction of sp³-hybridized carbons (Fsp3) is 0.278. The lowest BCUT2D eigenvalue weighted by molar-refractivity contribution is -0.119. The zero-order valence-corrected chi connectivity index (χ0v) is 14.4. The van der Waals surface area contributed by atoms with Crippen LogP contribution in [-0.2, 0) is 9.53 Å². The minimum atomic E-state index is -0.571. The van der Waals surface area contributed by atoms with Crippen LogP contribution in [0.25, 0.3) is 11.1 Å². The van der Waals surface area contributed by atoms with E-state index in [0.717, 1.165) is 0 Å². The van der Waals surface area contributed by atoms with Crippen molar-refractivity contribution in [3.63, 3.8) is 0 Å². The van der Waals surface area contributed by atoms with Gasteiger partial charge in [-0.05, 0) is 24.3 Å². The van der Waals surface area contributed by atoms with E-state index in [1.54, 1.807) is 24.3 Å². The molecule has 2 heterocycles. The number of pyridine rings is 1. The molecule has 1 N–H and O–H groups in total. The summed E-state index contributed by atoms with van der Waals surface area (Å²) in [5, 5.41) is 2.64. The maximum absolute atomic E-state index is 14.6. The number of carbonyl (C=O) groups is 2. The highest BCUT2D eigenvalue weighted by atomic mass is 19.1. The molecule has 1 aliphatic rings. The molecule has 7 nitrogen and oxygen atoms in total. The number of aromatic nitrogens is 1. The Kier molecular flexibility index (Phi) is 5.01. The highest BCUT2D eigenvalue weighted by Crippen LogP contribution is 2.30. The zero-order chi connectivity index (χ0) is 18.7. The van der Waals surface area contributed by atoms with Crippen molar-refractivity contribution in [2.24, 2.45) is 0 Å². The Bertz CT molecular complexity index is 826. The first-order chi connectivity index (χ1) is 12.5. The van der Waals surface area contributed by atoms with Crippen LogP contribution in [0.1, 0.15) is 6.92 Å². The maximum atomic E-state index is 14.6. The molecule has 1 saturated heterocycles. The van der Waals surface area contributed by atoms with Crippen molar-refractivity contribution in [3.8, 4) is 17.0 Å². The van der Waals surface area contributed by atoms with Gasteiger partial charge in [0.2, 0.25) is 11.8 Å². The fourth-order valence-corrected chi connectivity index (χ4v) is 2.74. The van der Waals surface area contributed by atoms with Crippen LogP contribution < -0.4 is 15.0 Å². The number of rotatable bonds is 5. The largest absolute Gasteiger partial charge is 0.481 e. The van der Waals surface area contributed by atoms with E-state index < -0.39 is 11.9 Å². The predicted molar refractivity (Wildman–Crippen MR) is 92.5 cm³/mol. The van der Waals surface area contributed by atoms with Crippen LogP contribution in [0, 0.1) is 5.82 Å². The number of nitrogens with one attached hydrogen (secondary N) is 1. The molecule has 3 rings (SSSR count). The van der Waals surface area contributed by atoms with Gasteiger partial charge in [0.15, 0.2) is 0 Å². The summed E-state index contributed by atoms with van der Waals surface area (Å²) in [5.74, 6) is -0.267. The number of anilines is 1. The summed E-state index contributed by atoms with van der Waals surface area (Å²) >= 11 is 0. The summed E-state index contributed by atoms with van der Waals surface area (Å²) < 4.78 is 24.7. The summed E-state index contributed by atoms with van der Waals surface area (Å²) in [5.41, 5.74) is 1.31. The van der Waals surface area contributed by atoms with Gasteiger partial charge in [-0.3, -0.25) is 9.69 Å². The first-order valence-electron chi connectivity index (χ1n) is 8.00. The average molecular weight is 359 g/mol. The van der Waals surface area contributed by atoms with Crippen molar-refractivity contribution in [3.05, 3.63) is 42.3 Å². The van der Waals surface area contributed by atoms with E-state index in [0.29, 0.717) is 22.7 Å². The summed E-state index contributed by atoms with van der Waals surface area (Å²) in [6.45, 7) is 1.75. The van der Waals surface area contributed by atoms with E-state index in [4.69, 9.17) is 9.47 Å². The molecule has 1 aliphatic heterocycles. The number of carbonyl (C=O) groups excluding carboxylic acids is 2. The molecule has 2 amide bonds. The average Bonchev–Trinajstić information content (AvgIpc) is 3.00. The lowest BCUT2D eigenvalue weighted by Crippen LogP contribution is -2.42. The van der Waals surface area contributed by atoms with Crippen LogP contribution in [-0.4, -0.2) is 43.3 Å².